The summed E-state index contributed by atoms with van der Waals surface area (Å²) in [6.45, 7) is 0.134. The van der Waals surface area contributed by atoms with E-state index in [2.05, 4.69) is 5.32 Å². The number of alkyl halides is 3. The second-order valence-electron chi connectivity index (χ2n) is 3.23. The molecule has 3 nitrogen and oxygen atoms in total. The van der Waals surface area contributed by atoms with Gasteiger partial charge in [0, 0.05) is 13.1 Å². The molecular formula is C7H11F3N2O. The van der Waals surface area contributed by atoms with Crippen LogP contribution in [0.5, 0.6) is 0 Å². The zero-order valence-corrected chi connectivity index (χ0v) is 6.90. The van der Waals surface area contributed by atoms with Crippen LogP contribution < -0.4 is 11.1 Å². The topological polar surface area (TPSA) is 55.1 Å². The number of piperidine rings is 1. The summed E-state index contributed by atoms with van der Waals surface area (Å²) >= 11 is 0. The Balaban J connectivity index is 2.57. The quantitative estimate of drug-likeness (QED) is 0.632. The van der Waals surface area contributed by atoms with Crippen molar-refractivity contribution >= 4 is 5.91 Å². The highest BCUT2D eigenvalue weighted by Crippen LogP contribution is 2.32. The van der Waals surface area contributed by atoms with Crippen molar-refractivity contribution in [2.24, 2.45) is 17.6 Å². The number of rotatable bonds is 1. The number of halogens is 3. The minimum Gasteiger partial charge on any atom is -0.369 e. The van der Waals surface area contributed by atoms with Crippen LogP contribution in [-0.4, -0.2) is 25.2 Å². The van der Waals surface area contributed by atoms with E-state index < -0.39 is 23.9 Å². The third-order valence-corrected chi connectivity index (χ3v) is 2.22. The van der Waals surface area contributed by atoms with Gasteiger partial charge >= 0.3 is 6.18 Å². The molecule has 1 aliphatic heterocycles. The number of hydrogen-bond donors (Lipinski definition) is 2. The summed E-state index contributed by atoms with van der Waals surface area (Å²) in [5.41, 5.74) is 4.93. The van der Waals surface area contributed by atoms with E-state index in [4.69, 9.17) is 5.73 Å². The van der Waals surface area contributed by atoms with Gasteiger partial charge in [0.05, 0.1) is 11.8 Å². The van der Waals surface area contributed by atoms with Crippen molar-refractivity contribution < 1.29 is 18.0 Å². The first kappa shape index (κ1) is 10.3. The van der Waals surface area contributed by atoms with Gasteiger partial charge in [0.15, 0.2) is 0 Å². The average molecular weight is 196 g/mol. The van der Waals surface area contributed by atoms with Gasteiger partial charge in [-0.25, -0.2) is 0 Å². The molecule has 0 radical (unpaired) electrons. The fraction of sp³-hybridized carbons (Fsp3) is 0.857. The monoisotopic (exact) mass is 196 g/mol. The molecular weight excluding hydrogens is 185 g/mol. The Morgan fingerprint density at radius 3 is 2.46 bits per heavy atom. The van der Waals surface area contributed by atoms with Gasteiger partial charge in [0.1, 0.15) is 0 Å². The molecule has 0 saturated carbocycles. The molecule has 1 aliphatic rings. The smallest absolute Gasteiger partial charge is 0.369 e. The van der Waals surface area contributed by atoms with Gasteiger partial charge in [-0.15, -0.1) is 0 Å². The summed E-state index contributed by atoms with van der Waals surface area (Å²) in [6, 6.07) is 0. The Morgan fingerprint density at radius 1 is 1.38 bits per heavy atom. The lowest BCUT2D eigenvalue weighted by atomic mass is 9.90. The van der Waals surface area contributed by atoms with E-state index in [9.17, 15) is 18.0 Å². The molecule has 3 N–H and O–H groups in total. The molecule has 0 bridgehead atoms. The number of nitrogens with one attached hydrogen (secondary N) is 1. The van der Waals surface area contributed by atoms with E-state index in [1.165, 1.54) is 0 Å². The van der Waals surface area contributed by atoms with Crippen LogP contribution in [-0.2, 0) is 4.79 Å². The van der Waals surface area contributed by atoms with Gasteiger partial charge in [-0.05, 0) is 6.42 Å². The molecule has 0 aromatic carbocycles. The third kappa shape index (κ3) is 2.58. The molecule has 0 aromatic rings. The number of hydrogen-bond acceptors (Lipinski definition) is 2. The lowest BCUT2D eigenvalue weighted by molar-refractivity contribution is -0.182. The zero-order chi connectivity index (χ0) is 10.1. The average Bonchev–Trinajstić information content (AvgIpc) is 2.03. The maximum Gasteiger partial charge on any atom is 0.393 e. The van der Waals surface area contributed by atoms with Gasteiger partial charge in [0.25, 0.3) is 0 Å². The molecule has 1 heterocycles. The second kappa shape index (κ2) is 3.53. The summed E-state index contributed by atoms with van der Waals surface area (Å²) in [5, 5.41) is 2.55. The van der Waals surface area contributed by atoms with Crippen molar-refractivity contribution in [1.29, 1.82) is 0 Å². The van der Waals surface area contributed by atoms with E-state index in [1.807, 2.05) is 0 Å². The number of amides is 1. The van der Waals surface area contributed by atoms with Crippen molar-refractivity contribution in [3.63, 3.8) is 0 Å². The molecule has 1 fully saturated rings. The summed E-state index contributed by atoms with van der Waals surface area (Å²) < 4.78 is 36.6. The van der Waals surface area contributed by atoms with Crippen molar-refractivity contribution in [3.8, 4) is 0 Å². The highest BCUT2D eigenvalue weighted by molar-refractivity contribution is 5.77. The van der Waals surface area contributed by atoms with E-state index >= 15 is 0 Å². The molecule has 2 unspecified atom stereocenters. The molecule has 76 valence electrons. The minimum absolute atomic E-state index is 0.118. The Hall–Kier alpha value is -0.780. The number of nitrogens with two attached hydrogens (primary N) is 1. The van der Waals surface area contributed by atoms with Crippen LogP contribution in [0.2, 0.25) is 0 Å². The first-order chi connectivity index (χ1) is 5.91. The van der Waals surface area contributed by atoms with Crippen molar-refractivity contribution in [2.45, 2.75) is 12.6 Å². The number of carbonyl (C=O) groups excluding carboxylic acids is 1. The van der Waals surface area contributed by atoms with E-state index in [1.54, 1.807) is 0 Å². The second-order valence-corrected chi connectivity index (χ2v) is 3.23. The highest BCUT2D eigenvalue weighted by atomic mass is 19.4. The largest absolute Gasteiger partial charge is 0.393 e. The Labute approximate surface area is 73.5 Å². The Morgan fingerprint density at radius 2 is 2.00 bits per heavy atom. The van der Waals surface area contributed by atoms with Gasteiger partial charge in [0.2, 0.25) is 5.91 Å². The number of carbonyl (C=O) groups is 1. The lowest BCUT2D eigenvalue weighted by Gasteiger charge is -2.29. The van der Waals surface area contributed by atoms with Crippen molar-refractivity contribution in [1.82, 2.24) is 5.32 Å². The van der Waals surface area contributed by atoms with Gasteiger partial charge in [-0.2, -0.15) is 13.2 Å². The van der Waals surface area contributed by atoms with E-state index in [0.717, 1.165) is 0 Å². The normalized spacial score (nSPS) is 30.1. The van der Waals surface area contributed by atoms with Crippen LogP contribution in [0.3, 0.4) is 0 Å². The fourth-order valence-electron chi connectivity index (χ4n) is 1.41. The molecule has 2 atom stereocenters. The van der Waals surface area contributed by atoms with E-state index in [0.29, 0.717) is 0 Å². The van der Waals surface area contributed by atoms with Gasteiger partial charge in [-0.3, -0.25) is 4.79 Å². The van der Waals surface area contributed by atoms with Crippen molar-refractivity contribution in [2.75, 3.05) is 13.1 Å². The van der Waals surface area contributed by atoms with Crippen LogP contribution in [0.4, 0.5) is 13.2 Å². The summed E-state index contributed by atoms with van der Waals surface area (Å²) in [5.74, 6) is -2.81. The Bertz CT molecular complexity index is 204. The van der Waals surface area contributed by atoms with Gasteiger partial charge in [-0.1, -0.05) is 0 Å². The highest BCUT2D eigenvalue weighted by Gasteiger charge is 2.43. The summed E-state index contributed by atoms with van der Waals surface area (Å²) in [6.07, 6.45) is -4.42. The molecule has 0 aliphatic carbocycles. The first-order valence-corrected chi connectivity index (χ1v) is 3.98. The predicted molar refractivity (Wildman–Crippen MR) is 39.7 cm³/mol. The molecule has 0 aromatic heterocycles. The number of primary amides is 1. The molecule has 6 heteroatoms. The van der Waals surface area contributed by atoms with Gasteiger partial charge < -0.3 is 11.1 Å². The van der Waals surface area contributed by atoms with Crippen molar-refractivity contribution in [3.05, 3.63) is 0 Å². The van der Waals surface area contributed by atoms with Crippen LogP contribution in [0, 0.1) is 11.8 Å². The molecule has 1 amide bonds. The van der Waals surface area contributed by atoms with Crippen LogP contribution in [0.25, 0.3) is 0 Å². The lowest BCUT2D eigenvalue weighted by Crippen LogP contribution is -2.46. The minimum atomic E-state index is -4.24. The molecule has 13 heavy (non-hydrogen) atoms. The van der Waals surface area contributed by atoms with E-state index in [-0.39, 0.29) is 19.5 Å². The zero-order valence-electron chi connectivity index (χ0n) is 6.90. The SMILES string of the molecule is NC(=O)C1CNCC(C(F)(F)F)C1. The van der Waals surface area contributed by atoms with Crippen LogP contribution >= 0.6 is 0 Å². The summed E-state index contributed by atoms with van der Waals surface area (Å²) in [7, 11) is 0. The third-order valence-electron chi connectivity index (χ3n) is 2.22. The first-order valence-electron chi connectivity index (χ1n) is 3.98. The molecule has 0 spiro atoms. The van der Waals surface area contributed by atoms with Crippen LogP contribution in [0.1, 0.15) is 6.42 Å². The standard InChI is InChI=1S/C7H11F3N2O/c8-7(9,10)5-1-4(6(11)13)2-12-3-5/h4-5,12H,1-3H2,(H2,11,13). The maximum atomic E-state index is 12.2. The Kier molecular flexibility index (Phi) is 2.80. The summed E-state index contributed by atoms with van der Waals surface area (Å²) in [4.78, 5) is 10.6. The molecule has 1 saturated heterocycles. The van der Waals surface area contributed by atoms with Crippen LogP contribution in [0.15, 0.2) is 0 Å². The predicted octanol–water partition coefficient (Wildman–Crippen LogP) is 0.260. The maximum absolute atomic E-state index is 12.2. The fourth-order valence-corrected chi connectivity index (χ4v) is 1.41. The molecule has 1 rings (SSSR count).